The highest BCUT2D eigenvalue weighted by Crippen LogP contribution is 2.53. The summed E-state index contributed by atoms with van der Waals surface area (Å²) in [6.07, 6.45) is 5.89. The van der Waals surface area contributed by atoms with E-state index in [-0.39, 0.29) is 16.6 Å². The van der Waals surface area contributed by atoms with E-state index in [0.717, 1.165) is 37.5 Å². The molecule has 1 aromatic rings. The quantitative estimate of drug-likeness (QED) is 0.676. The van der Waals surface area contributed by atoms with Crippen LogP contribution in [0.15, 0.2) is 29.2 Å². The Balaban J connectivity index is 1.54. The fraction of sp³-hybridized carbons (Fsp3) is 0.625. The lowest BCUT2D eigenvalue weighted by Crippen LogP contribution is -2.55. The maximum atomic E-state index is 12.6. The largest absolute Gasteiger partial charge is 0.269 e. The Labute approximate surface area is 135 Å². The molecule has 5 rings (SSSR count). The Morgan fingerprint density at radius 2 is 1.48 bits per heavy atom. The molecule has 0 aromatic heterocycles. The molecular weight excluding hydrogens is 316 g/mol. The standard InChI is InChI=1S/C16H20N2O4S/c19-18(20)14-1-3-15(4-2-14)23(21,22)17-16-12-6-10-5-11(8-12)9-13(16)7-10/h1-4,10-13,16-17H,5-9H2. The molecule has 0 saturated heterocycles. The third-order valence-corrected chi connectivity index (χ3v) is 7.35. The first-order chi connectivity index (χ1) is 10.9. The molecule has 7 heteroatoms. The Kier molecular flexibility index (Phi) is 3.46. The average Bonchev–Trinajstić information content (AvgIpc) is 2.50. The van der Waals surface area contributed by atoms with Crippen molar-refractivity contribution in [2.24, 2.45) is 23.7 Å². The molecule has 4 aliphatic rings. The minimum Gasteiger partial charge on any atom is -0.258 e. The molecule has 0 unspecified atom stereocenters. The van der Waals surface area contributed by atoms with Gasteiger partial charge in [0.05, 0.1) is 9.82 Å². The Morgan fingerprint density at radius 3 is 1.96 bits per heavy atom. The summed E-state index contributed by atoms with van der Waals surface area (Å²) < 4.78 is 28.2. The van der Waals surface area contributed by atoms with Crippen molar-refractivity contribution < 1.29 is 13.3 Å². The Morgan fingerprint density at radius 1 is 0.957 bits per heavy atom. The van der Waals surface area contributed by atoms with Crippen molar-refractivity contribution in [2.45, 2.75) is 43.0 Å². The first-order valence-electron chi connectivity index (χ1n) is 8.19. The van der Waals surface area contributed by atoms with Crippen molar-refractivity contribution in [3.8, 4) is 0 Å². The molecule has 0 spiro atoms. The van der Waals surface area contributed by atoms with Crippen LogP contribution < -0.4 is 4.72 Å². The van der Waals surface area contributed by atoms with Crippen molar-refractivity contribution in [1.82, 2.24) is 4.72 Å². The van der Waals surface area contributed by atoms with Crippen LogP contribution in [0, 0.1) is 33.8 Å². The van der Waals surface area contributed by atoms with Gasteiger partial charge in [0.1, 0.15) is 0 Å². The second-order valence-corrected chi connectivity index (χ2v) is 9.04. The van der Waals surface area contributed by atoms with Crippen molar-refractivity contribution >= 4 is 15.7 Å². The number of nitrogens with one attached hydrogen (secondary N) is 1. The molecule has 0 amide bonds. The number of rotatable bonds is 4. The SMILES string of the molecule is O=[N+]([O-])c1ccc(S(=O)(=O)NC2C3CC4CC(C3)CC2C4)cc1. The van der Waals surface area contributed by atoms with E-state index in [4.69, 9.17) is 0 Å². The first-order valence-corrected chi connectivity index (χ1v) is 9.67. The highest BCUT2D eigenvalue weighted by Gasteiger charge is 2.49. The van der Waals surface area contributed by atoms with Gasteiger partial charge in [-0.15, -0.1) is 0 Å². The summed E-state index contributed by atoms with van der Waals surface area (Å²) in [6, 6.07) is 5.15. The van der Waals surface area contributed by atoms with Gasteiger partial charge >= 0.3 is 0 Å². The summed E-state index contributed by atoms with van der Waals surface area (Å²) in [6.45, 7) is 0. The van der Waals surface area contributed by atoms with E-state index in [9.17, 15) is 18.5 Å². The zero-order chi connectivity index (χ0) is 16.2. The normalized spacial score (nSPS) is 35.4. The zero-order valence-corrected chi connectivity index (χ0v) is 13.5. The molecule has 1 N–H and O–H groups in total. The third kappa shape index (κ3) is 2.65. The van der Waals surface area contributed by atoms with Gasteiger partial charge < -0.3 is 0 Å². The van der Waals surface area contributed by atoms with Gasteiger partial charge in [-0.05, 0) is 67.9 Å². The van der Waals surface area contributed by atoms with Gasteiger partial charge in [0.2, 0.25) is 10.0 Å². The van der Waals surface area contributed by atoms with Gasteiger partial charge in [-0.3, -0.25) is 10.1 Å². The summed E-state index contributed by atoms with van der Waals surface area (Å²) in [5.74, 6) is 2.49. The molecule has 4 fully saturated rings. The molecule has 0 aliphatic heterocycles. The second-order valence-electron chi connectivity index (χ2n) is 7.33. The zero-order valence-electron chi connectivity index (χ0n) is 12.7. The fourth-order valence-corrected chi connectivity index (χ4v) is 6.49. The number of hydrogen-bond acceptors (Lipinski definition) is 4. The van der Waals surface area contributed by atoms with Gasteiger partial charge in [-0.1, -0.05) is 0 Å². The van der Waals surface area contributed by atoms with E-state index < -0.39 is 14.9 Å². The number of nitro benzene ring substituents is 1. The van der Waals surface area contributed by atoms with Gasteiger partial charge in [0, 0.05) is 18.2 Å². The van der Waals surface area contributed by atoms with Crippen molar-refractivity contribution in [2.75, 3.05) is 0 Å². The molecule has 4 aliphatic carbocycles. The predicted octanol–water partition coefficient (Wildman–Crippen LogP) is 2.70. The van der Waals surface area contributed by atoms with Crippen molar-refractivity contribution in [1.29, 1.82) is 0 Å². The van der Waals surface area contributed by atoms with E-state index >= 15 is 0 Å². The van der Waals surface area contributed by atoms with Crippen LogP contribution in [0.2, 0.25) is 0 Å². The van der Waals surface area contributed by atoms with Crippen LogP contribution in [0.1, 0.15) is 32.1 Å². The van der Waals surface area contributed by atoms with Crippen LogP contribution in [0.3, 0.4) is 0 Å². The van der Waals surface area contributed by atoms with Crippen molar-refractivity contribution in [3.63, 3.8) is 0 Å². The molecule has 4 saturated carbocycles. The molecule has 0 atom stereocenters. The van der Waals surface area contributed by atoms with Crippen LogP contribution in [-0.2, 0) is 10.0 Å². The highest BCUT2D eigenvalue weighted by molar-refractivity contribution is 7.89. The first kappa shape index (κ1) is 15.1. The van der Waals surface area contributed by atoms with Gasteiger partial charge in [-0.25, -0.2) is 13.1 Å². The topological polar surface area (TPSA) is 89.3 Å². The smallest absolute Gasteiger partial charge is 0.258 e. The summed E-state index contributed by atoms with van der Waals surface area (Å²) in [5, 5.41) is 10.7. The molecule has 6 nitrogen and oxygen atoms in total. The molecular formula is C16H20N2O4S. The summed E-state index contributed by atoms with van der Waals surface area (Å²) in [5.41, 5.74) is -0.0985. The third-order valence-electron chi connectivity index (χ3n) is 5.88. The number of sulfonamides is 1. The second kappa shape index (κ2) is 5.27. The number of nitro groups is 1. The number of non-ortho nitro benzene ring substituents is 1. The van der Waals surface area contributed by atoms with Crippen LogP contribution in [0.4, 0.5) is 5.69 Å². The van der Waals surface area contributed by atoms with Gasteiger partial charge in [0.15, 0.2) is 0 Å². The molecule has 23 heavy (non-hydrogen) atoms. The van der Waals surface area contributed by atoms with Gasteiger partial charge in [0.25, 0.3) is 5.69 Å². The minimum atomic E-state index is -3.62. The van der Waals surface area contributed by atoms with E-state index in [2.05, 4.69) is 4.72 Å². The summed E-state index contributed by atoms with van der Waals surface area (Å²) in [7, 11) is -3.62. The predicted molar refractivity (Wildman–Crippen MR) is 84.3 cm³/mol. The number of nitrogens with zero attached hydrogens (tertiary/aromatic N) is 1. The van der Waals surface area contributed by atoms with Crippen LogP contribution >= 0.6 is 0 Å². The van der Waals surface area contributed by atoms with E-state index in [0.29, 0.717) is 11.8 Å². The van der Waals surface area contributed by atoms with Gasteiger partial charge in [-0.2, -0.15) is 0 Å². The maximum Gasteiger partial charge on any atom is 0.269 e. The lowest BCUT2D eigenvalue weighted by molar-refractivity contribution is -0.384. The van der Waals surface area contributed by atoms with Crippen LogP contribution in [-0.4, -0.2) is 19.4 Å². The Hall–Kier alpha value is -1.47. The Bertz CT molecular complexity index is 701. The number of hydrogen-bond donors (Lipinski definition) is 1. The molecule has 124 valence electrons. The summed E-state index contributed by atoms with van der Waals surface area (Å²) in [4.78, 5) is 10.3. The minimum absolute atomic E-state index is 0.0305. The number of benzene rings is 1. The summed E-state index contributed by atoms with van der Waals surface area (Å²) >= 11 is 0. The van der Waals surface area contributed by atoms with E-state index in [1.165, 1.54) is 30.7 Å². The fourth-order valence-electron chi connectivity index (χ4n) is 5.11. The lowest BCUT2D eigenvalue weighted by atomic mass is 9.54. The molecule has 0 radical (unpaired) electrons. The van der Waals surface area contributed by atoms with E-state index in [1.807, 2.05) is 0 Å². The van der Waals surface area contributed by atoms with Crippen molar-refractivity contribution in [3.05, 3.63) is 34.4 Å². The highest BCUT2D eigenvalue weighted by atomic mass is 32.2. The van der Waals surface area contributed by atoms with Crippen LogP contribution in [0.5, 0.6) is 0 Å². The molecule has 0 heterocycles. The monoisotopic (exact) mass is 336 g/mol. The van der Waals surface area contributed by atoms with Crippen LogP contribution in [0.25, 0.3) is 0 Å². The molecule has 1 aromatic carbocycles. The lowest BCUT2D eigenvalue weighted by Gasteiger charge is -2.54. The average molecular weight is 336 g/mol. The van der Waals surface area contributed by atoms with E-state index in [1.54, 1.807) is 0 Å². The molecule has 4 bridgehead atoms. The maximum absolute atomic E-state index is 12.6.